The molecule has 0 bridgehead atoms. The van der Waals surface area contributed by atoms with Crippen molar-refractivity contribution in [2.24, 2.45) is 0 Å². The summed E-state index contributed by atoms with van der Waals surface area (Å²) in [5, 5.41) is 13.8. The van der Waals surface area contributed by atoms with Crippen molar-refractivity contribution in [1.29, 1.82) is 0 Å². The van der Waals surface area contributed by atoms with E-state index in [1.807, 2.05) is 19.9 Å². The van der Waals surface area contributed by atoms with Gasteiger partial charge in [-0.25, -0.2) is 18.7 Å². The number of hydrogen-bond acceptors (Lipinski definition) is 5. The standard InChI is InChI=1S/C23H19FN4O3/c1-12-6-13(2)8-15(7-12)27-23(31)28-19-10-17(24)14(3)9-16(19)20(22(28)30)21(29)18-11-25-4-5-26-18/h4-11,30H,1-3H3,(H,27,31). The predicted octanol–water partition coefficient (Wildman–Crippen LogP) is 4.51. The van der Waals surface area contributed by atoms with E-state index in [0.29, 0.717) is 5.69 Å². The van der Waals surface area contributed by atoms with Gasteiger partial charge in [0.1, 0.15) is 11.5 Å². The van der Waals surface area contributed by atoms with Crippen LogP contribution in [0.1, 0.15) is 32.7 Å². The molecule has 0 spiro atoms. The molecule has 31 heavy (non-hydrogen) atoms. The molecular formula is C23H19FN4O3. The highest BCUT2D eigenvalue weighted by Crippen LogP contribution is 2.34. The van der Waals surface area contributed by atoms with Crippen LogP contribution in [0.5, 0.6) is 5.88 Å². The van der Waals surface area contributed by atoms with E-state index in [1.54, 1.807) is 12.1 Å². The quantitative estimate of drug-likeness (QED) is 0.477. The van der Waals surface area contributed by atoms with Crippen LogP contribution in [0.4, 0.5) is 14.9 Å². The lowest BCUT2D eigenvalue weighted by atomic mass is 10.0. The number of halogens is 1. The van der Waals surface area contributed by atoms with E-state index >= 15 is 0 Å². The van der Waals surface area contributed by atoms with Gasteiger partial charge in [0, 0.05) is 23.5 Å². The maximum atomic E-state index is 14.4. The molecule has 156 valence electrons. The van der Waals surface area contributed by atoms with E-state index in [1.165, 1.54) is 31.6 Å². The first-order chi connectivity index (χ1) is 14.8. The number of aromatic hydroxyl groups is 1. The third kappa shape index (κ3) is 3.63. The topological polar surface area (TPSA) is 97.1 Å². The van der Waals surface area contributed by atoms with Crippen molar-refractivity contribution in [2.45, 2.75) is 20.8 Å². The Hall–Kier alpha value is -4.07. The van der Waals surface area contributed by atoms with Gasteiger partial charge in [-0.15, -0.1) is 0 Å². The van der Waals surface area contributed by atoms with Crippen molar-refractivity contribution < 1.29 is 19.1 Å². The monoisotopic (exact) mass is 418 g/mol. The first-order valence-corrected chi connectivity index (χ1v) is 9.50. The number of benzene rings is 2. The number of fused-ring (bicyclic) bond motifs is 1. The zero-order valence-electron chi connectivity index (χ0n) is 17.1. The van der Waals surface area contributed by atoms with Gasteiger partial charge in [0.25, 0.3) is 0 Å². The second kappa shape index (κ2) is 7.64. The fraction of sp³-hybridized carbons (Fsp3) is 0.130. The van der Waals surface area contributed by atoms with Crippen LogP contribution in [-0.2, 0) is 0 Å². The second-order valence-corrected chi connectivity index (χ2v) is 7.38. The van der Waals surface area contributed by atoms with Crippen LogP contribution in [0.3, 0.4) is 0 Å². The molecule has 7 nitrogen and oxygen atoms in total. The average molecular weight is 418 g/mol. The molecule has 0 fully saturated rings. The fourth-order valence-electron chi connectivity index (χ4n) is 3.60. The number of aromatic nitrogens is 3. The number of nitrogens with one attached hydrogen (secondary N) is 1. The Morgan fingerprint density at radius 2 is 1.74 bits per heavy atom. The van der Waals surface area contributed by atoms with Gasteiger partial charge >= 0.3 is 6.03 Å². The molecule has 0 aliphatic rings. The Balaban J connectivity index is 1.89. The third-order valence-electron chi connectivity index (χ3n) is 4.92. The van der Waals surface area contributed by atoms with Crippen LogP contribution in [0, 0.1) is 26.6 Å². The Bertz CT molecular complexity index is 1330. The van der Waals surface area contributed by atoms with Crippen molar-refractivity contribution in [3.05, 3.63) is 82.7 Å². The second-order valence-electron chi connectivity index (χ2n) is 7.38. The van der Waals surface area contributed by atoms with Crippen molar-refractivity contribution >= 4 is 28.4 Å². The minimum absolute atomic E-state index is 0.00598. The predicted molar refractivity (Wildman–Crippen MR) is 114 cm³/mol. The molecule has 0 unspecified atom stereocenters. The van der Waals surface area contributed by atoms with E-state index < -0.39 is 23.5 Å². The number of amides is 1. The lowest BCUT2D eigenvalue weighted by molar-refractivity contribution is 0.103. The summed E-state index contributed by atoms with van der Waals surface area (Å²) in [6.07, 6.45) is 4.02. The van der Waals surface area contributed by atoms with Crippen LogP contribution < -0.4 is 5.32 Å². The number of nitrogens with zero attached hydrogens (tertiary/aromatic N) is 3. The van der Waals surface area contributed by atoms with Gasteiger partial charge in [-0.05, 0) is 61.7 Å². The van der Waals surface area contributed by atoms with Gasteiger partial charge in [-0.2, -0.15) is 0 Å². The van der Waals surface area contributed by atoms with Gasteiger partial charge in [-0.3, -0.25) is 9.78 Å². The molecule has 0 radical (unpaired) electrons. The number of carbonyl (C=O) groups is 2. The maximum Gasteiger partial charge on any atom is 0.333 e. The van der Waals surface area contributed by atoms with Crippen LogP contribution in [0.25, 0.3) is 10.9 Å². The summed E-state index contributed by atoms with van der Waals surface area (Å²) in [6.45, 7) is 5.32. The molecule has 0 aliphatic heterocycles. The molecule has 8 heteroatoms. The molecule has 4 aromatic rings. The SMILES string of the molecule is Cc1cc(C)cc(NC(=O)n2c(O)c(C(=O)c3cnccn3)c3cc(C)c(F)cc32)c1. The van der Waals surface area contributed by atoms with E-state index in [4.69, 9.17) is 0 Å². The smallest absolute Gasteiger partial charge is 0.333 e. The third-order valence-corrected chi connectivity index (χ3v) is 4.92. The van der Waals surface area contributed by atoms with Crippen LogP contribution in [0.15, 0.2) is 48.9 Å². The van der Waals surface area contributed by atoms with Gasteiger partial charge in [0.15, 0.2) is 0 Å². The molecule has 0 atom stereocenters. The number of carbonyl (C=O) groups excluding carboxylic acids is 2. The van der Waals surface area contributed by atoms with Gasteiger partial charge in [0.2, 0.25) is 11.7 Å². The molecule has 0 saturated carbocycles. The summed E-state index contributed by atoms with van der Waals surface area (Å²) < 4.78 is 15.2. The zero-order valence-corrected chi connectivity index (χ0v) is 17.1. The summed E-state index contributed by atoms with van der Waals surface area (Å²) in [7, 11) is 0. The normalized spacial score (nSPS) is 11.0. The zero-order chi connectivity index (χ0) is 22.3. The number of hydrogen-bond donors (Lipinski definition) is 2. The van der Waals surface area contributed by atoms with E-state index in [2.05, 4.69) is 15.3 Å². The van der Waals surface area contributed by atoms with Crippen LogP contribution >= 0.6 is 0 Å². The van der Waals surface area contributed by atoms with E-state index in [0.717, 1.165) is 21.8 Å². The summed E-state index contributed by atoms with van der Waals surface area (Å²) in [5.41, 5.74) is 2.58. The number of rotatable bonds is 3. The highest BCUT2D eigenvalue weighted by atomic mass is 19.1. The Kier molecular flexibility index (Phi) is 4.98. The van der Waals surface area contributed by atoms with E-state index in [-0.39, 0.29) is 27.7 Å². The van der Waals surface area contributed by atoms with Gasteiger partial charge in [0.05, 0.1) is 17.3 Å². The molecule has 4 rings (SSSR count). The first-order valence-electron chi connectivity index (χ1n) is 9.50. The summed E-state index contributed by atoms with van der Waals surface area (Å²) in [4.78, 5) is 34.0. The van der Waals surface area contributed by atoms with Gasteiger partial charge in [-0.1, -0.05) is 6.07 Å². The highest BCUT2D eigenvalue weighted by Gasteiger charge is 2.28. The summed E-state index contributed by atoms with van der Waals surface area (Å²) in [5.74, 6) is -1.79. The average Bonchev–Trinajstić information content (AvgIpc) is 2.98. The minimum atomic E-state index is -0.728. The lowest BCUT2D eigenvalue weighted by Gasteiger charge is -2.10. The highest BCUT2D eigenvalue weighted by molar-refractivity contribution is 6.19. The molecule has 1 amide bonds. The molecule has 0 aliphatic carbocycles. The van der Waals surface area contributed by atoms with Crippen molar-refractivity contribution in [2.75, 3.05) is 5.32 Å². The van der Waals surface area contributed by atoms with Crippen molar-refractivity contribution in [1.82, 2.24) is 14.5 Å². The number of ketones is 1. The molecule has 0 saturated heterocycles. The van der Waals surface area contributed by atoms with Crippen LogP contribution in [-0.4, -0.2) is 31.5 Å². The molecule has 2 aromatic heterocycles. The Morgan fingerprint density at radius 1 is 1.03 bits per heavy atom. The van der Waals surface area contributed by atoms with Crippen molar-refractivity contribution in [3.63, 3.8) is 0 Å². The summed E-state index contributed by atoms with van der Waals surface area (Å²) >= 11 is 0. The number of anilines is 1. The Labute approximate surface area is 177 Å². The van der Waals surface area contributed by atoms with Crippen molar-refractivity contribution in [3.8, 4) is 5.88 Å². The first kappa shape index (κ1) is 20.2. The lowest BCUT2D eigenvalue weighted by Crippen LogP contribution is -2.19. The molecule has 2 heterocycles. The van der Waals surface area contributed by atoms with E-state index in [9.17, 15) is 19.1 Å². The number of aryl methyl sites for hydroxylation is 3. The van der Waals surface area contributed by atoms with Gasteiger partial charge < -0.3 is 10.4 Å². The molecule has 2 aromatic carbocycles. The largest absolute Gasteiger partial charge is 0.494 e. The summed E-state index contributed by atoms with van der Waals surface area (Å²) in [6, 6.07) is 7.31. The van der Waals surface area contributed by atoms with Crippen LogP contribution in [0.2, 0.25) is 0 Å². The molecule has 2 N–H and O–H groups in total. The fourth-order valence-corrected chi connectivity index (χ4v) is 3.60. The maximum absolute atomic E-state index is 14.4. The molecular weight excluding hydrogens is 399 g/mol. The Morgan fingerprint density at radius 3 is 2.39 bits per heavy atom. The minimum Gasteiger partial charge on any atom is -0.494 e.